The van der Waals surface area contributed by atoms with Crippen LogP contribution in [0.15, 0.2) is 16.5 Å². The summed E-state index contributed by atoms with van der Waals surface area (Å²) in [7, 11) is 0. The third-order valence-corrected chi connectivity index (χ3v) is 4.45. The van der Waals surface area contributed by atoms with Crippen LogP contribution in [0.2, 0.25) is 0 Å². The fourth-order valence-corrected chi connectivity index (χ4v) is 3.35. The molecule has 0 bridgehead atoms. The first kappa shape index (κ1) is 12.7. The van der Waals surface area contributed by atoms with Gasteiger partial charge in [0.25, 0.3) is 0 Å². The van der Waals surface area contributed by atoms with Crippen molar-refractivity contribution in [3.8, 4) is 0 Å². The molecule has 2 saturated heterocycles. The fourth-order valence-electron chi connectivity index (χ4n) is 3.35. The summed E-state index contributed by atoms with van der Waals surface area (Å²) in [5, 5.41) is 3.21. The molecule has 0 radical (unpaired) electrons. The topological polar surface area (TPSA) is 45.5 Å². The number of aryl methyl sites for hydroxylation is 1. The average Bonchev–Trinajstić information content (AvgIpc) is 2.87. The predicted molar refractivity (Wildman–Crippen MR) is 72.7 cm³/mol. The Morgan fingerprint density at radius 1 is 1.32 bits per heavy atom. The average molecular weight is 262 g/mol. The highest BCUT2D eigenvalue weighted by Crippen LogP contribution is 2.31. The van der Waals surface area contributed by atoms with Crippen LogP contribution in [-0.4, -0.2) is 29.4 Å². The van der Waals surface area contributed by atoms with Crippen LogP contribution in [0.25, 0.3) is 0 Å². The van der Waals surface area contributed by atoms with Crippen molar-refractivity contribution in [3.05, 3.63) is 23.7 Å². The SMILES string of the molecule is Cc1ccc(CN2CCCC3(CCC(=O)N3)CC2)o1. The lowest BCUT2D eigenvalue weighted by atomic mass is 9.89. The zero-order valence-electron chi connectivity index (χ0n) is 11.6. The first-order valence-corrected chi connectivity index (χ1v) is 7.24. The summed E-state index contributed by atoms with van der Waals surface area (Å²) in [5.41, 5.74) is 0.0882. The van der Waals surface area contributed by atoms with Gasteiger partial charge >= 0.3 is 0 Å². The van der Waals surface area contributed by atoms with E-state index in [1.807, 2.05) is 13.0 Å². The fraction of sp³-hybridized carbons (Fsp3) is 0.667. The predicted octanol–water partition coefficient (Wildman–Crippen LogP) is 2.22. The number of rotatable bonds is 2. The summed E-state index contributed by atoms with van der Waals surface area (Å²) in [6, 6.07) is 4.08. The van der Waals surface area contributed by atoms with E-state index in [0.29, 0.717) is 6.42 Å². The molecule has 1 amide bonds. The first-order chi connectivity index (χ1) is 9.15. The molecular formula is C15H22N2O2. The number of likely N-dealkylation sites (tertiary alicyclic amines) is 1. The van der Waals surface area contributed by atoms with Gasteiger partial charge in [0.1, 0.15) is 11.5 Å². The van der Waals surface area contributed by atoms with Gasteiger partial charge in [0.2, 0.25) is 5.91 Å². The molecule has 2 aliphatic rings. The molecule has 1 aromatic heterocycles. The highest BCUT2D eigenvalue weighted by Gasteiger charge is 2.38. The zero-order chi connectivity index (χ0) is 13.3. The van der Waals surface area contributed by atoms with Crippen molar-refractivity contribution < 1.29 is 9.21 Å². The molecule has 1 aromatic rings. The minimum absolute atomic E-state index is 0.0882. The summed E-state index contributed by atoms with van der Waals surface area (Å²) in [6.07, 6.45) is 5.06. The molecule has 2 fully saturated rings. The lowest BCUT2D eigenvalue weighted by Crippen LogP contribution is -2.42. The largest absolute Gasteiger partial charge is 0.465 e. The van der Waals surface area contributed by atoms with Crippen LogP contribution in [0, 0.1) is 6.92 Å². The number of hydrogen-bond donors (Lipinski definition) is 1. The van der Waals surface area contributed by atoms with E-state index in [9.17, 15) is 4.79 Å². The summed E-state index contributed by atoms with van der Waals surface area (Å²) >= 11 is 0. The van der Waals surface area contributed by atoms with Crippen LogP contribution in [-0.2, 0) is 11.3 Å². The number of nitrogens with zero attached hydrogens (tertiary/aromatic N) is 1. The van der Waals surface area contributed by atoms with E-state index < -0.39 is 0 Å². The van der Waals surface area contributed by atoms with Gasteiger partial charge in [0.15, 0.2) is 0 Å². The van der Waals surface area contributed by atoms with Crippen LogP contribution in [0.1, 0.15) is 43.6 Å². The van der Waals surface area contributed by atoms with Crippen molar-refractivity contribution in [2.75, 3.05) is 13.1 Å². The van der Waals surface area contributed by atoms with Crippen molar-refractivity contribution in [1.29, 1.82) is 0 Å². The van der Waals surface area contributed by atoms with Gasteiger partial charge in [-0.05, 0) is 51.3 Å². The maximum atomic E-state index is 11.5. The van der Waals surface area contributed by atoms with Gasteiger partial charge in [-0.1, -0.05) is 0 Å². The minimum Gasteiger partial charge on any atom is -0.465 e. The summed E-state index contributed by atoms with van der Waals surface area (Å²) in [6.45, 7) is 5.00. The van der Waals surface area contributed by atoms with E-state index >= 15 is 0 Å². The molecule has 3 heterocycles. The van der Waals surface area contributed by atoms with Crippen LogP contribution >= 0.6 is 0 Å². The Kier molecular flexibility index (Phi) is 3.35. The smallest absolute Gasteiger partial charge is 0.220 e. The summed E-state index contributed by atoms with van der Waals surface area (Å²) < 4.78 is 5.65. The van der Waals surface area contributed by atoms with Crippen LogP contribution < -0.4 is 5.32 Å². The van der Waals surface area contributed by atoms with Crippen molar-refractivity contribution in [2.45, 2.75) is 51.1 Å². The molecule has 1 spiro atoms. The Bertz CT molecular complexity index is 468. The zero-order valence-corrected chi connectivity index (χ0v) is 11.6. The molecule has 0 aromatic carbocycles. The number of carbonyl (C=O) groups excluding carboxylic acids is 1. The normalized spacial score (nSPS) is 28.6. The van der Waals surface area contributed by atoms with Crippen LogP contribution in [0.4, 0.5) is 0 Å². The lowest BCUT2D eigenvalue weighted by molar-refractivity contribution is -0.119. The van der Waals surface area contributed by atoms with Gasteiger partial charge in [-0.25, -0.2) is 0 Å². The Morgan fingerprint density at radius 2 is 2.21 bits per heavy atom. The quantitative estimate of drug-likeness (QED) is 0.889. The Morgan fingerprint density at radius 3 is 2.89 bits per heavy atom. The maximum absolute atomic E-state index is 11.5. The van der Waals surface area contributed by atoms with E-state index in [0.717, 1.165) is 56.8 Å². The molecule has 4 nitrogen and oxygen atoms in total. The molecule has 1 N–H and O–H groups in total. The number of hydrogen-bond acceptors (Lipinski definition) is 3. The minimum atomic E-state index is 0.0882. The Hall–Kier alpha value is -1.29. The maximum Gasteiger partial charge on any atom is 0.220 e. The molecule has 4 heteroatoms. The molecule has 3 rings (SSSR count). The molecule has 104 valence electrons. The molecular weight excluding hydrogens is 240 g/mol. The Labute approximate surface area is 114 Å². The van der Waals surface area contributed by atoms with Crippen molar-refractivity contribution in [2.24, 2.45) is 0 Å². The van der Waals surface area contributed by atoms with Gasteiger partial charge in [-0.3, -0.25) is 9.69 Å². The van der Waals surface area contributed by atoms with Gasteiger partial charge in [0.05, 0.1) is 6.54 Å². The molecule has 1 unspecified atom stereocenters. The van der Waals surface area contributed by atoms with E-state index in [1.165, 1.54) is 0 Å². The standard InChI is InChI=1S/C15H22N2O2/c1-12-3-4-13(19-12)11-17-9-2-6-15(8-10-17)7-5-14(18)16-15/h3-4H,2,5-11H2,1H3,(H,16,18). The van der Waals surface area contributed by atoms with Gasteiger partial charge in [-0.2, -0.15) is 0 Å². The molecule has 1 atom stereocenters. The number of amides is 1. The number of furan rings is 1. The third-order valence-electron chi connectivity index (χ3n) is 4.45. The van der Waals surface area contributed by atoms with E-state index in [4.69, 9.17) is 4.42 Å². The highest BCUT2D eigenvalue weighted by molar-refractivity contribution is 5.79. The van der Waals surface area contributed by atoms with E-state index in [1.54, 1.807) is 0 Å². The number of nitrogens with one attached hydrogen (secondary N) is 1. The summed E-state index contributed by atoms with van der Waals surface area (Å²) in [5.74, 6) is 2.25. The second-order valence-corrected chi connectivity index (χ2v) is 5.97. The van der Waals surface area contributed by atoms with Gasteiger partial charge in [-0.15, -0.1) is 0 Å². The van der Waals surface area contributed by atoms with Crippen LogP contribution in [0.3, 0.4) is 0 Å². The molecule has 19 heavy (non-hydrogen) atoms. The van der Waals surface area contributed by atoms with Crippen LogP contribution in [0.5, 0.6) is 0 Å². The molecule has 0 saturated carbocycles. The summed E-state index contributed by atoms with van der Waals surface area (Å²) in [4.78, 5) is 13.9. The Balaban J connectivity index is 1.60. The molecule has 2 aliphatic heterocycles. The monoisotopic (exact) mass is 262 g/mol. The van der Waals surface area contributed by atoms with Crippen molar-refractivity contribution in [3.63, 3.8) is 0 Å². The van der Waals surface area contributed by atoms with Gasteiger partial charge in [0, 0.05) is 18.5 Å². The second kappa shape index (κ2) is 5.00. The third kappa shape index (κ3) is 2.84. The lowest BCUT2D eigenvalue weighted by Gasteiger charge is -2.27. The number of carbonyl (C=O) groups is 1. The van der Waals surface area contributed by atoms with Crippen molar-refractivity contribution in [1.82, 2.24) is 10.2 Å². The van der Waals surface area contributed by atoms with E-state index in [-0.39, 0.29) is 11.4 Å². The molecule has 0 aliphatic carbocycles. The van der Waals surface area contributed by atoms with Crippen molar-refractivity contribution >= 4 is 5.91 Å². The first-order valence-electron chi connectivity index (χ1n) is 7.24. The van der Waals surface area contributed by atoms with E-state index in [2.05, 4.69) is 16.3 Å². The highest BCUT2D eigenvalue weighted by atomic mass is 16.3. The van der Waals surface area contributed by atoms with Gasteiger partial charge < -0.3 is 9.73 Å². The second-order valence-electron chi connectivity index (χ2n) is 5.97.